The minimum absolute atomic E-state index is 0.0244. The minimum Gasteiger partial charge on any atom is -0.490 e. The summed E-state index contributed by atoms with van der Waals surface area (Å²) in [6, 6.07) is 9.51. The van der Waals surface area contributed by atoms with E-state index in [1.165, 1.54) is 24.0 Å². The molecule has 1 aromatic carbocycles. The van der Waals surface area contributed by atoms with E-state index in [9.17, 15) is 8.42 Å². The molecule has 0 spiro atoms. The molecule has 1 saturated carbocycles. The van der Waals surface area contributed by atoms with E-state index in [-0.39, 0.29) is 16.0 Å². The highest BCUT2D eigenvalue weighted by molar-refractivity contribution is 7.89. The van der Waals surface area contributed by atoms with Crippen molar-refractivity contribution >= 4 is 21.6 Å². The number of pyridine rings is 1. The van der Waals surface area contributed by atoms with Gasteiger partial charge in [0.05, 0.1) is 11.1 Å². The molecule has 2 heterocycles. The van der Waals surface area contributed by atoms with Crippen LogP contribution in [0.25, 0.3) is 0 Å². The molecular weight excluding hydrogens is 386 g/mol. The van der Waals surface area contributed by atoms with Crippen molar-refractivity contribution in [3.63, 3.8) is 0 Å². The molecular formula is C19H22ClN3O3S. The van der Waals surface area contributed by atoms with Crippen LogP contribution in [0.4, 0.5) is 0 Å². The summed E-state index contributed by atoms with van der Waals surface area (Å²) >= 11 is 6.00. The maximum absolute atomic E-state index is 12.5. The summed E-state index contributed by atoms with van der Waals surface area (Å²) in [5.41, 5.74) is 1.19. The van der Waals surface area contributed by atoms with Crippen molar-refractivity contribution in [2.45, 2.75) is 42.8 Å². The second-order valence-corrected chi connectivity index (χ2v) is 9.20. The van der Waals surface area contributed by atoms with Crippen LogP contribution in [-0.4, -0.2) is 43.5 Å². The first-order valence-electron chi connectivity index (χ1n) is 9.09. The third kappa shape index (κ3) is 4.79. The Morgan fingerprint density at radius 3 is 2.67 bits per heavy atom. The van der Waals surface area contributed by atoms with Crippen LogP contribution in [0.3, 0.4) is 0 Å². The first kappa shape index (κ1) is 18.7. The lowest BCUT2D eigenvalue weighted by atomic mass is 10.2. The largest absolute Gasteiger partial charge is 0.490 e. The lowest BCUT2D eigenvalue weighted by molar-refractivity contribution is 0.302. The van der Waals surface area contributed by atoms with Gasteiger partial charge in [-0.2, -0.15) is 0 Å². The number of halogens is 1. The molecule has 6 nitrogen and oxygen atoms in total. The van der Waals surface area contributed by atoms with Crippen molar-refractivity contribution in [2.24, 2.45) is 0 Å². The van der Waals surface area contributed by atoms with Gasteiger partial charge < -0.3 is 4.74 Å². The smallest absolute Gasteiger partial charge is 0.243 e. The minimum atomic E-state index is -3.67. The zero-order valence-corrected chi connectivity index (χ0v) is 16.4. The Bertz CT molecular complexity index is 901. The number of nitrogens with one attached hydrogen (secondary N) is 1. The van der Waals surface area contributed by atoms with E-state index in [1.54, 1.807) is 0 Å². The van der Waals surface area contributed by atoms with E-state index in [1.807, 2.05) is 12.1 Å². The van der Waals surface area contributed by atoms with Crippen molar-refractivity contribution in [1.82, 2.24) is 14.6 Å². The summed E-state index contributed by atoms with van der Waals surface area (Å²) in [6.07, 6.45) is 6.22. The van der Waals surface area contributed by atoms with Crippen LogP contribution in [-0.2, 0) is 16.6 Å². The van der Waals surface area contributed by atoms with Gasteiger partial charge in [-0.25, -0.2) is 13.1 Å². The van der Waals surface area contributed by atoms with Crippen LogP contribution in [0.5, 0.6) is 5.75 Å². The maximum Gasteiger partial charge on any atom is 0.243 e. The van der Waals surface area contributed by atoms with Crippen LogP contribution in [0.2, 0.25) is 5.02 Å². The molecule has 8 heteroatoms. The lowest BCUT2D eigenvalue weighted by Crippen LogP contribution is -2.37. The summed E-state index contributed by atoms with van der Waals surface area (Å²) in [7, 11) is -3.67. The fourth-order valence-electron chi connectivity index (χ4n) is 3.23. The number of benzene rings is 1. The average Bonchev–Trinajstić information content (AvgIpc) is 3.35. The van der Waals surface area contributed by atoms with E-state index in [0.717, 1.165) is 38.1 Å². The van der Waals surface area contributed by atoms with E-state index >= 15 is 0 Å². The van der Waals surface area contributed by atoms with Crippen LogP contribution in [0, 0.1) is 0 Å². The van der Waals surface area contributed by atoms with Crippen LogP contribution >= 0.6 is 11.6 Å². The predicted octanol–water partition coefficient (Wildman–Crippen LogP) is 2.83. The quantitative estimate of drug-likeness (QED) is 0.764. The third-order valence-electron chi connectivity index (χ3n) is 4.77. The van der Waals surface area contributed by atoms with Gasteiger partial charge in [0.2, 0.25) is 10.0 Å². The fourth-order valence-corrected chi connectivity index (χ4v) is 4.92. The Morgan fingerprint density at radius 2 is 1.96 bits per heavy atom. The van der Waals surface area contributed by atoms with E-state index < -0.39 is 10.0 Å². The van der Waals surface area contributed by atoms with Gasteiger partial charge >= 0.3 is 0 Å². The van der Waals surface area contributed by atoms with Gasteiger partial charge in [0.1, 0.15) is 10.6 Å². The molecule has 27 heavy (non-hydrogen) atoms. The van der Waals surface area contributed by atoms with Crippen molar-refractivity contribution in [3.8, 4) is 5.75 Å². The van der Waals surface area contributed by atoms with Crippen LogP contribution < -0.4 is 9.46 Å². The summed E-state index contributed by atoms with van der Waals surface area (Å²) in [6.45, 7) is 2.29. The van der Waals surface area contributed by atoms with Crippen molar-refractivity contribution in [2.75, 3.05) is 13.1 Å². The summed E-state index contributed by atoms with van der Waals surface area (Å²) < 4.78 is 33.6. The molecule has 0 bridgehead atoms. The molecule has 2 aromatic rings. The predicted molar refractivity (Wildman–Crippen MR) is 103 cm³/mol. The molecule has 1 aromatic heterocycles. The van der Waals surface area contributed by atoms with Gasteiger partial charge in [0.15, 0.2) is 0 Å². The highest BCUT2D eigenvalue weighted by Crippen LogP contribution is 2.27. The molecule has 0 radical (unpaired) electrons. The number of likely N-dealkylation sites (tertiary alicyclic amines) is 1. The maximum atomic E-state index is 12.5. The molecule has 0 unspecified atom stereocenters. The van der Waals surface area contributed by atoms with E-state index in [4.69, 9.17) is 16.3 Å². The van der Waals surface area contributed by atoms with Gasteiger partial charge in [-0.1, -0.05) is 23.7 Å². The van der Waals surface area contributed by atoms with Crippen molar-refractivity contribution in [1.29, 1.82) is 0 Å². The van der Waals surface area contributed by atoms with E-state index in [2.05, 4.69) is 26.7 Å². The number of ether oxygens (including phenoxy) is 1. The van der Waals surface area contributed by atoms with E-state index in [0.29, 0.717) is 12.6 Å². The van der Waals surface area contributed by atoms with Gasteiger partial charge in [-0.05, 0) is 43.0 Å². The zero-order valence-electron chi connectivity index (χ0n) is 14.8. The molecule has 1 atom stereocenters. The van der Waals surface area contributed by atoms with Crippen molar-refractivity contribution in [3.05, 3.63) is 53.3 Å². The number of hydrogen-bond donors (Lipinski definition) is 1. The Labute approximate surface area is 164 Å². The topological polar surface area (TPSA) is 71.5 Å². The molecule has 1 saturated heterocycles. The normalized spacial score (nSPS) is 20.7. The van der Waals surface area contributed by atoms with Crippen LogP contribution in [0.15, 0.2) is 47.6 Å². The lowest BCUT2D eigenvalue weighted by Gasteiger charge is -2.17. The molecule has 1 aliphatic heterocycles. The first-order valence-corrected chi connectivity index (χ1v) is 11.0. The fraction of sp³-hybridized carbons (Fsp3) is 0.421. The second-order valence-electron chi connectivity index (χ2n) is 7.11. The van der Waals surface area contributed by atoms with Gasteiger partial charge in [0.25, 0.3) is 0 Å². The number of rotatable bonds is 7. The molecule has 144 valence electrons. The molecule has 1 N–H and O–H groups in total. The molecule has 2 aliphatic rings. The SMILES string of the molecule is O=S(=O)(N[C@@H]1CCN(Cc2ccc(OC3CC3)cc2)C1)c1cnccc1Cl. The summed E-state index contributed by atoms with van der Waals surface area (Å²) in [5, 5.41) is 0.181. The molecule has 2 fully saturated rings. The molecule has 4 rings (SSSR count). The van der Waals surface area contributed by atoms with Crippen LogP contribution in [0.1, 0.15) is 24.8 Å². The summed E-state index contributed by atoms with van der Waals surface area (Å²) in [4.78, 5) is 6.13. The van der Waals surface area contributed by atoms with Gasteiger partial charge in [0, 0.05) is 38.1 Å². The third-order valence-corrected chi connectivity index (χ3v) is 6.76. The molecule has 1 aliphatic carbocycles. The highest BCUT2D eigenvalue weighted by atomic mass is 35.5. The zero-order chi connectivity index (χ0) is 18.9. The number of sulfonamides is 1. The average molecular weight is 408 g/mol. The Kier molecular flexibility index (Phi) is 5.36. The van der Waals surface area contributed by atoms with Gasteiger partial charge in [-0.15, -0.1) is 0 Å². The number of aromatic nitrogens is 1. The summed E-state index contributed by atoms with van der Waals surface area (Å²) in [5.74, 6) is 0.918. The standard InChI is InChI=1S/C19H22ClN3O3S/c20-18-7-9-21-11-19(18)27(24,25)22-15-8-10-23(13-15)12-14-1-3-16(4-2-14)26-17-5-6-17/h1-4,7,9,11,15,17,22H,5-6,8,10,12-13H2/t15-/m1/s1. The van der Waals surface area contributed by atoms with Gasteiger partial charge in [-0.3, -0.25) is 9.88 Å². The Morgan fingerprint density at radius 1 is 1.19 bits per heavy atom. The number of hydrogen-bond acceptors (Lipinski definition) is 5. The monoisotopic (exact) mass is 407 g/mol. The first-order chi connectivity index (χ1) is 13.0. The Hall–Kier alpha value is -1.67. The second kappa shape index (κ2) is 7.75. The molecule has 0 amide bonds. The number of nitrogens with zero attached hydrogens (tertiary/aromatic N) is 2. The highest BCUT2D eigenvalue weighted by Gasteiger charge is 2.28. The Balaban J connectivity index is 1.32. The van der Waals surface area contributed by atoms with Crippen molar-refractivity contribution < 1.29 is 13.2 Å².